The molecule has 116 valence electrons. The van der Waals surface area contributed by atoms with Gasteiger partial charge >= 0.3 is 0 Å². The first-order valence-electron chi connectivity index (χ1n) is 6.05. The molecular formula is C12H13Cl2FN2O3S. The highest BCUT2D eigenvalue weighted by Gasteiger charge is 2.36. The van der Waals surface area contributed by atoms with Gasteiger partial charge in [0.05, 0.1) is 16.6 Å². The number of halogens is 3. The Hall–Kier alpha value is -0.890. The van der Waals surface area contributed by atoms with Gasteiger partial charge in [-0.3, -0.25) is 4.79 Å². The summed E-state index contributed by atoms with van der Waals surface area (Å²) >= 11 is 11.3. The van der Waals surface area contributed by atoms with E-state index in [4.69, 9.17) is 23.2 Å². The van der Waals surface area contributed by atoms with E-state index in [-0.39, 0.29) is 30.1 Å². The number of benzene rings is 1. The topological polar surface area (TPSA) is 57.7 Å². The summed E-state index contributed by atoms with van der Waals surface area (Å²) in [5.41, 5.74) is 0. The van der Waals surface area contributed by atoms with Gasteiger partial charge < -0.3 is 4.90 Å². The molecule has 9 heteroatoms. The molecule has 1 aliphatic rings. The van der Waals surface area contributed by atoms with Crippen LogP contribution in [0.2, 0.25) is 10.0 Å². The van der Waals surface area contributed by atoms with Crippen LogP contribution < -0.4 is 0 Å². The molecule has 1 aliphatic heterocycles. The molecule has 1 fully saturated rings. The van der Waals surface area contributed by atoms with E-state index >= 15 is 0 Å². The molecule has 0 radical (unpaired) electrons. The van der Waals surface area contributed by atoms with E-state index < -0.39 is 25.8 Å². The van der Waals surface area contributed by atoms with E-state index in [0.29, 0.717) is 0 Å². The van der Waals surface area contributed by atoms with E-state index in [1.54, 1.807) is 14.0 Å². The van der Waals surface area contributed by atoms with Crippen LogP contribution in [0.4, 0.5) is 4.39 Å². The number of nitrogens with zero attached hydrogens (tertiary/aromatic N) is 2. The van der Waals surface area contributed by atoms with Crippen molar-refractivity contribution in [2.45, 2.75) is 17.9 Å². The Labute approximate surface area is 132 Å². The Morgan fingerprint density at radius 2 is 1.95 bits per heavy atom. The highest BCUT2D eigenvalue weighted by molar-refractivity contribution is 7.89. The number of sulfonamides is 1. The summed E-state index contributed by atoms with van der Waals surface area (Å²) in [6.45, 7) is 1.54. The lowest BCUT2D eigenvalue weighted by atomic mass is 10.2. The standard InChI is InChI=1S/C12H13Cl2FN2O3S/c1-7-5-17(6-10(18)16(7)2)21(19,20)9-4-3-8(13)12(15)11(9)14/h3-4,7H,5-6H2,1-2H3. The molecule has 1 aromatic carbocycles. The Balaban J connectivity index is 2.44. The van der Waals surface area contributed by atoms with Crippen LogP contribution in [-0.2, 0) is 14.8 Å². The van der Waals surface area contributed by atoms with Gasteiger partial charge in [0.2, 0.25) is 15.9 Å². The summed E-state index contributed by atoms with van der Waals surface area (Å²) in [5, 5.41) is -0.830. The number of hydrogen-bond acceptors (Lipinski definition) is 3. The zero-order chi connectivity index (χ0) is 15.9. The molecule has 1 aromatic rings. The molecule has 0 aliphatic carbocycles. The second-order valence-corrected chi connectivity index (χ2v) is 7.52. The van der Waals surface area contributed by atoms with Crippen molar-refractivity contribution in [1.82, 2.24) is 9.21 Å². The van der Waals surface area contributed by atoms with Crippen molar-refractivity contribution >= 4 is 39.1 Å². The second kappa shape index (κ2) is 5.72. The van der Waals surface area contributed by atoms with E-state index in [1.807, 2.05) is 0 Å². The fourth-order valence-corrected chi connectivity index (χ4v) is 4.21. The average Bonchev–Trinajstić information content (AvgIpc) is 2.41. The monoisotopic (exact) mass is 354 g/mol. The molecule has 2 rings (SSSR count). The molecule has 1 atom stereocenters. The maximum atomic E-state index is 13.7. The van der Waals surface area contributed by atoms with Crippen molar-refractivity contribution in [3.05, 3.63) is 28.0 Å². The van der Waals surface area contributed by atoms with Crippen LogP contribution in [-0.4, -0.2) is 49.7 Å². The molecule has 1 saturated heterocycles. The van der Waals surface area contributed by atoms with Gasteiger partial charge in [-0.2, -0.15) is 4.31 Å². The molecule has 5 nitrogen and oxygen atoms in total. The predicted octanol–water partition coefficient (Wildman–Crippen LogP) is 1.98. The van der Waals surface area contributed by atoms with E-state index in [9.17, 15) is 17.6 Å². The summed E-state index contributed by atoms with van der Waals surface area (Å²) in [6.07, 6.45) is 0. The fraction of sp³-hybridized carbons (Fsp3) is 0.417. The summed E-state index contributed by atoms with van der Waals surface area (Å²) in [6, 6.07) is 1.98. The van der Waals surface area contributed by atoms with Gasteiger partial charge in [0.1, 0.15) is 4.90 Å². The first-order chi connectivity index (χ1) is 9.66. The Morgan fingerprint density at radius 1 is 1.33 bits per heavy atom. The van der Waals surface area contributed by atoms with Gasteiger partial charge in [-0.1, -0.05) is 23.2 Å². The quantitative estimate of drug-likeness (QED) is 0.763. The minimum Gasteiger partial charge on any atom is -0.341 e. The van der Waals surface area contributed by atoms with Gasteiger partial charge in [-0.05, 0) is 19.1 Å². The van der Waals surface area contributed by atoms with E-state index in [2.05, 4.69) is 0 Å². The molecule has 1 heterocycles. The number of amides is 1. The van der Waals surface area contributed by atoms with Crippen molar-refractivity contribution in [3.63, 3.8) is 0 Å². The molecular weight excluding hydrogens is 342 g/mol. The lowest BCUT2D eigenvalue weighted by Crippen LogP contribution is -2.55. The van der Waals surface area contributed by atoms with Gasteiger partial charge in [0.25, 0.3) is 0 Å². The normalized spacial score (nSPS) is 20.9. The predicted molar refractivity (Wildman–Crippen MR) is 77.4 cm³/mol. The fourth-order valence-electron chi connectivity index (χ4n) is 2.02. The third-order valence-electron chi connectivity index (χ3n) is 3.45. The minimum absolute atomic E-state index is 0.116. The van der Waals surface area contributed by atoms with Gasteiger partial charge in [-0.15, -0.1) is 0 Å². The van der Waals surface area contributed by atoms with E-state index in [1.165, 1.54) is 4.90 Å². The minimum atomic E-state index is -4.07. The van der Waals surface area contributed by atoms with Crippen LogP contribution in [0.5, 0.6) is 0 Å². The van der Waals surface area contributed by atoms with Crippen molar-refractivity contribution in [2.24, 2.45) is 0 Å². The van der Waals surface area contributed by atoms with Crippen molar-refractivity contribution < 1.29 is 17.6 Å². The van der Waals surface area contributed by atoms with Crippen LogP contribution in [0.1, 0.15) is 6.92 Å². The summed E-state index contributed by atoms with van der Waals surface area (Å²) in [7, 11) is -2.46. The molecule has 0 N–H and O–H groups in total. The van der Waals surface area contributed by atoms with Gasteiger partial charge in [-0.25, -0.2) is 12.8 Å². The first-order valence-corrected chi connectivity index (χ1v) is 8.25. The van der Waals surface area contributed by atoms with Crippen molar-refractivity contribution in [3.8, 4) is 0 Å². The zero-order valence-corrected chi connectivity index (χ0v) is 13.6. The Kier molecular flexibility index (Phi) is 4.49. The Bertz CT molecular complexity index is 696. The summed E-state index contributed by atoms with van der Waals surface area (Å²) in [4.78, 5) is 12.9. The molecule has 0 bridgehead atoms. The highest BCUT2D eigenvalue weighted by Crippen LogP contribution is 2.32. The summed E-state index contributed by atoms with van der Waals surface area (Å²) in [5.74, 6) is -1.32. The van der Waals surface area contributed by atoms with Crippen LogP contribution in [0, 0.1) is 5.82 Å². The van der Waals surface area contributed by atoms with Crippen LogP contribution >= 0.6 is 23.2 Å². The first kappa shape index (κ1) is 16.5. The van der Waals surface area contributed by atoms with E-state index in [0.717, 1.165) is 16.4 Å². The number of piperazine rings is 1. The zero-order valence-electron chi connectivity index (χ0n) is 11.3. The molecule has 0 spiro atoms. The summed E-state index contributed by atoms with van der Waals surface area (Å²) < 4.78 is 39.7. The molecule has 0 saturated carbocycles. The largest absolute Gasteiger partial charge is 0.341 e. The van der Waals surface area contributed by atoms with Gasteiger partial charge in [0, 0.05) is 19.6 Å². The number of carbonyl (C=O) groups excluding carboxylic acids is 1. The van der Waals surface area contributed by atoms with Crippen LogP contribution in [0.3, 0.4) is 0 Å². The second-order valence-electron chi connectivity index (χ2n) is 4.82. The smallest absolute Gasteiger partial charge is 0.245 e. The molecule has 1 unspecified atom stereocenters. The highest BCUT2D eigenvalue weighted by atomic mass is 35.5. The van der Waals surface area contributed by atoms with Gasteiger partial charge in [0.15, 0.2) is 5.82 Å². The number of hydrogen-bond donors (Lipinski definition) is 0. The maximum Gasteiger partial charge on any atom is 0.245 e. The van der Waals surface area contributed by atoms with Crippen molar-refractivity contribution in [2.75, 3.05) is 20.1 Å². The number of likely N-dealkylation sites (N-methyl/N-ethyl adjacent to an activating group) is 1. The third kappa shape index (κ3) is 2.88. The average molecular weight is 355 g/mol. The lowest BCUT2D eigenvalue weighted by molar-refractivity contribution is -0.135. The molecule has 21 heavy (non-hydrogen) atoms. The number of rotatable bonds is 2. The van der Waals surface area contributed by atoms with Crippen LogP contribution in [0.25, 0.3) is 0 Å². The molecule has 1 amide bonds. The molecule has 0 aromatic heterocycles. The Morgan fingerprint density at radius 3 is 2.52 bits per heavy atom. The van der Waals surface area contributed by atoms with Crippen molar-refractivity contribution in [1.29, 1.82) is 0 Å². The SMILES string of the molecule is CC1CN(S(=O)(=O)c2ccc(Cl)c(F)c2Cl)CC(=O)N1C. The number of carbonyl (C=O) groups is 1. The van der Waals surface area contributed by atoms with Crippen LogP contribution in [0.15, 0.2) is 17.0 Å². The third-order valence-corrected chi connectivity index (χ3v) is 6.08. The lowest BCUT2D eigenvalue weighted by Gasteiger charge is -2.36. The maximum absolute atomic E-state index is 13.7.